The lowest BCUT2D eigenvalue weighted by Crippen LogP contribution is -2.41. The molecule has 4 atom stereocenters. The Labute approximate surface area is 104 Å². The predicted octanol–water partition coefficient (Wildman–Crippen LogP) is 2.35. The molecule has 2 bridgehead atoms. The molecule has 0 spiro atoms. The maximum Gasteiger partial charge on any atom is 0.246 e. The van der Waals surface area contributed by atoms with Gasteiger partial charge in [-0.2, -0.15) is 0 Å². The van der Waals surface area contributed by atoms with E-state index in [1.54, 1.807) is 0 Å². The van der Waals surface area contributed by atoms with Crippen molar-refractivity contribution in [3.8, 4) is 0 Å². The number of carbonyl (C=O) groups excluding carboxylic acids is 1. The van der Waals surface area contributed by atoms with Crippen LogP contribution in [0.3, 0.4) is 0 Å². The predicted molar refractivity (Wildman–Crippen MR) is 67.7 cm³/mol. The minimum Gasteiger partial charge on any atom is -0.372 e. The maximum atomic E-state index is 11.7. The minimum atomic E-state index is 0.0497. The van der Waals surface area contributed by atoms with Gasteiger partial charge in [-0.25, -0.2) is 0 Å². The second kappa shape index (κ2) is 5.85. The van der Waals surface area contributed by atoms with Gasteiger partial charge in [0.25, 0.3) is 0 Å². The number of rotatable bonds is 6. The first kappa shape index (κ1) is 12.9. The van der Waals surface area contributed by atoms with E-state index in [-0.39, 0.29) is 12.5 Å². The third-order valence-corrected chi connectivity index (χ3v) is 4.41. The minimum absolute atomic E-state index is 0.0497. The van der Waals surface area contributed by atoms with Gasteiger partial charge in [-0.15, -0.1) is 0 Å². The lowest BCUT2D eigenvalue weighted by molar-refractivity contribution is -0.126. The average molecular weight is 239 g/mol. The molecule has 3 nitrogen and oxygen atoms in total. The van der Waals surface area contributed by atoms with Crippen molar-refractivity contribution in [1.29, 1.82) is 0 Å². The molecular formula is C14H25NO2. The number of fused-ring (bicyclic) bond motifs is 2. The van der Waals surface area contributed by atoms with Gasteiger partial charge in [0.1, 0.15) is 6.61 Å². The Morgan fingerprint density at radius 1 is 1.41 bits per heavy atom. The second-order valence-corrected chi connectivity index (χ2v) is 5.75. The molecule has 2 rings (SSSR count). The molecule has 2 saturated carbocycles. The summed E-state index contributed by atoms with van der Waals surface area (Å²) in [5.41, 5.74) is 0. The van der Waals surface area contributed by atoms with Crippen LogP contribution >= 0.6 is 0 Å². The molecule has 0 aliphatic heterocycles. The van der Waals surface area contributed by atoms with E-state index < -0.39 is 0 Å². The van der Waals surface area contributed by atoms with E-state index in [4.69, 9.17) is 4.74 Å². The SMILES string of the molecule is CCCOCC(=O)NC(C)C1CC2CCC1C2. The number of ether oxygens (including phenoxy) is 1. The van der Waals surface area contributed by atoms with Crippen LogP contribution in [-0.4, -0.2) is 25.2 Å². The van der Waals surface area contributed by atoms with Gasteiger partial charge in [-0.3, -0.25) is 4.79 Å². The highest BCUT2D eigenvalue weighted by molar-refractivity contribution is 5.77. The number of nitrogens with one attached hydrogen (secondary N) is 1. The fourth-order valence-corrected chi connectivity index (χ4v) is 3.62. The van der Waals surface area contributed by atoms with Crippen LogP contribution < -0.4 is 5.32 Å². The zero-order valence-electron chi connectivity index (χ0n) is 11.1. The molecule has 4 unspecified atom stereocenters. The zero-order valence-corrected chi connectivity index (χ0v) is 11.1. The molecule has 0 heterocycles. The van der Waals surface area contributed by atoms with E-state index in [9.17, 15) is 4.79 Å². The topological polar surface area (TPSA) is 38.3 Å². The summed E-state index contributed by atoms with van der Waals surface area (Å²) in [5.74, 6) is 2.57. The van der Waals surface area contributed by atoms with Crippen molar-refractivity contribution in [2.75, 3.05) is 13.2 Å². The van der Waals surface area contributed by atoms with Crippen molar-refractivity contribution < 1.29 is 9.53 Å². The Balaban J connectivity index is 1.70. The molecule has 17 heavy (non-hydrogen) atoms. The van der Waals surface area contributed by atoms with Gasteiger partial charge in [0.15, 0.2) is 0 Å². The molecule has 2 aliphatic rings. The van der Waals surface area contributed by atoms with Crippen LogP contribution in [0, 0.1) is 17.8 Å². The lowest BCUT2D eigenvalue weighted by atomic mass is 9.84. The molecule has 1 amide bonds. The Morgan fingerprint density at radius 2 is 2.24 bits per heavy atom. The molecule has 0 radical (unpaired) electrons. The van der Waals surface area contributed by atoms with Gasteiger partial charge in [0, 0.05) is 12.6 Å². The van der Waals surface area contributed by atoms with E-state index in [0.29, 0.717) is 18.6 Å². The van der Waals surface area contributed by atoms with Crippen LogP contribution in [0.25, 0.3) is 0 Å². The summed E-state index contributed by atoms with van der Waals surface area (Å²) in [6, 6.07) is 0.322. The number of hydrogen-bond donors (Lipinski definition) is 1. The number of hydrogen-bond acceptors (Lipinski definition) is 2. The van der Waals surface area contributed by atoms with Gasteiger partial charge >= 0.3 is 0 Å². The van der Waals surface area contributed by atoms with Gasteiger partial charge < -0.3 is 10.1 Å². The second-order valence-electron chi connectivity index (χ2n) is 5.75. The molecule has 98 valence electrons. The summed E-state index contributed by atoms with van der Waals surface area (Å²) < 4.78 is 5.26. The first-order chi connectivity index (χ1) is 8.20. The highest BCUT2D eigenvalue weighted by atomic mass is 16.5. The summed E-state index contributed by atoms with van der Waals surface area (Å²) in [6.07, 6.45) is 6.48. The summed E-state index contributed by atoms with van der Waals surface area (Å²) in [5, 5.41) is 3.10. The van der Waals surface area contributed by atoms with Crippen LogP contribution in [0.15, 0.2) is 0 Å². The van der Waals surface area contributed by atoms with Crippen molar-refractivity contribution in [2.45, 2.75) is 52.0 Å². The summed E-state index contributed by atoms with van der Waals surface area (Å²) in [7, 11) is 0. The molecule has 0 saturated heterocycles. The largest absolute Gasteiger partial charge is 0.372 e. The summed E-state index contributed by atoms with van der Waals surface area (Å²) in [6.45, 7) is 5.10. The molecule has 3 heteroatoms. The van der Waals surface area contributed by atoms with E-state index >= 15 is 0 Å². The number of amides is 1. The number of carbonyl (C=O) groups is 1. The van der Waals surface area contributed by atoms with Crippen molar-refractivity contribution in [3.63, 3.8) is 0 Å². The Kier molecular flexibility index (Phi) is 4.43. The van der Waals surface area contributed by atoms with Crippen molar-refractivity contribution in [1.82, 2.24) is 5.32 Å². The molecule has 2 fully saturated rings. The Morgan fingerprint density at radius 3 is 2.82 bits per heavy atom. The van der Waals surface area contributed by atoms with Crippen LogP contribution in [0.1, 0.15) is 46.0 Å². The monoisotopic (exact) mass is 239 g/mol. The van der Waals surface area contributed by atoms with Gasteiger partial charge in [0.2, 0.25) is 5.91 Å². The third-order valence-electron chi connectivity index (χ3n) is 4.41. The van der Waals surface area contributed by atoms with Crippen molar-refractivity contribution >= 4 is 5.91 Å². The van der Waals surface area contributed by atoms with Gasteiger partial charge in [-0.1, -0.05) is 13.3 Å². The molecule has 0 aromatic rings. The highest BCUT2D eigenvalue weighted by Crippen LogP contribution is 2.49. The smallest absolute Gasteiger partial charge is 0.246 e. The van der Waals surface area contributed by atoms with Crippen LogP contribution in [-0.2, 0) is 9.53 Å². The lowest BCUT2D eigenvalue weighted by Gasteiger charge is -2.28. The third kappa shape index (κ3) is 3.21. The van der Waals surface area contributed by atoms with E-state index in [1.165, 1.54) is 25.7 Å². The van der Waals surface area contributed by atoms with E-state index in [1.807, 2.05) is 0 Å². The average Bonchev–Trinajstić information content (AvgIpc) is 2.91. The first-order valence-electron chi connectivity index (χ1n) is 7.07. The fourth-order valence-electron chi connectivity index (χ4n) is 3.62. The quantitative estimate of drug-likeness (QED) is 0.723. The van der Waals surface area contributed by atoms with Crippen LogP contribution in [0.4, 0.5) is 0 Å². The molecule has 1 N–H and O–H groups in total. The Bertz CT molecular complexity index is 267. The van der Waals surface area contributed by atoms with Gasteiger partial charge in [-0.05, 0) is 50.4 Å². The standard InChI is InChI=1S/C14H25NO2/c1-3-6-17-9-14(16)15-10(2)13-8-11-4-5-12(13)7-11/h10-13H,3-9H2,1-2H3,(H,15,16). The normalized spacial score (nSPS) is 32.7. The van der Waals surface area contributed by atoms with E-state index in [0.717, 1.165) is 18.3 Å². The van der Waals surface area contributed by atoms with Gasteiger partial charge in [0.05, 0.1) is 0 Å². The summed E-state index contributed by atoms with van der Waals surface area (Å²) >= 11 is 0. The zero-order chi connectivity index (χ0) is 12.3. The molecule has 2 aliphatic carbocycles. The highest BCUT2D eigenvalue weighted by Gasteiger charge is 2.42. The first-order valence-corrected chi connectivity index (χ1v) is 7.07. The van der Waals surface area contributed by atoms with Crippen molar-refractivity contribution in [2.24, 2.45) is 17.8 Å². The van der Waals surface area contributed by atoms with Crippen LogP contribution in [0.5, 0.6) is 0 Å². The maximum absolute atomic E-state index is 11.7. The summed E-state index contributed by atoms with van der Waals surface area (Å²) in [4.78, 5) is 11.7. The Hall–Kier alpha value is -0.570. The fraction of sp³-hybridized carbons (Fsp3) is 0.929. The molecular weight excluding hydrogens is 214 g/mol. The van der Waals surface area contributed by atoms with E-state index in [2.05, 4.69) is 19.2 Å². The molecule has 0 aromatic carbocycles. The van der Waals surface area contributed by atoms with Crippen molar-refractivity contribution in [3.05, 3.63) is 0 Å². The molecule has 0 aromatic heterocycles. The van der Waals surface area contributed by atoms with Crippen LogP contribution in [0.2, 0.25) is 0 Å².